The van der Waals surface area contributed by atoms with Gasteiger partial charge in [0.05, 0.1) is 11.4 Å². The molecule has 33 heavy (non-hydrogen) atoms. The van der Waals surface area contributed by atoms with Gasteiger partial charge in [-0.05, 0) is 93.6 Å². The first-order chi connectivity index (χ1) is 15.9. The molecule has 2 aliphatic rings. The summed E-state index contributed by atoms with van der Waals surface area (Å²) < 4.78 is 14.3. The summed E-state index contributed by atoms with van der Waals surface area (Å²) in [5.74, 6) is 1.14. The van der Waals surface area contributed by atoms with Crippen molar-refractivity contribution in [2.75, 3.05) is 18.4 Å². The predicted octanol–water partition coefficient (Wildman–Crippen LogP) is 5.89. The van der Waals surface area contributed by atoms with E-state index in [0.29, 0.717) is 32.9 Å². The maximum Gasteiger partial charge on any atom is 0.139 e. The van der Waals surface area contributed by atoms with Gasteiger partial charge in [-0.25, -0.2) is 4.39 Å². The minimum atomic E-state index is -0.410. The zero-order valence-corrected chi connectivity index (χ0v) is 20.5. The summed E-state index contributed by atoms with van der Waals surface area (Å²) >= 11 is 10.5. The molecule has 1 saturated carbocycles. The molecule has 8 heteroatoms. The predicted molar refractivity (Wildman–Crippen MR) is 136 cm³/mol. The van der Waals surface area contributed by atoms with E-state index in [0.717, 1.165) is 24.1 Å². The fraction of sp³-hybridized carbons (Fsp3) is 0.440. The Morgan fingerprint density at radius 1 is 1.27 bits per heavy atom. The maximum atomic E-state index is 14.3. The largest absolute Gasteiger partial charge is 0.405 e. The number of likely N-dealkylation sites (tertiary alicyclic amines) is 1. The number of nitrogens with one attached hydrogen (secondary N) is 1. The van der Waals surface area contributed by atoms with Crippen LogP contribution >= 0.6 is 24.2 Å². The standard InChI is InChI=1S/C25H31ClFN5S/c1-16-7-10-32(11-8-16)20-12-17(13-20)2-4-19(6-9-28)29-24-15-23(30-31-25(24)33)21-14-18(26)3-5-22(21)27/h3-6,9,14-17,20H,2,7-8,10-13,28H2,1H3,(H,29,30)(H,31,33)/b9-6-,19-4+. The van der Waals surface area contributed by atoms with Gasteiger partial charge in [0.1, 0.15) is 10.8 Å². The van der Waals surface area contributed by atoms with Gasteiger partial charge in [0, 0.05) is 22.3 Å². The van der Waals surface area contributed by atoms with Gasteiger partial charge in [-0.15, -0.1) is 22.8 Å². The highest BCUT2D eigenvalue weighted by atomic mass is 35.5. The summed E-state index contributed by atoms with van der Waals surface area (Å²) in [4.78, 5) is 2.67. The number of thiol groups is 1. The Kier molecular flexibility index (Phi) is 7.94. The van der Waals surface area contributed by atoms with Gasteiger partial charge in [0.15, 0.2) is 0 Å². The van der Waals surface area contributed by atoms with E-state index in [1.807, 2.05) is 6.08 Å². The van der Waals surface area contributed by atoms with Crippen LogP contribution < -0.4 is 11.1 Å². The van der Waals surface area contributed by atoms with Gasteiger partial charge < -0.3 is 16.0 Å². The molecule has 0 bridgehead atoms. The normalized spacial score (nSPS) is 22.5. The minimum Gasteiger partial charge on any atom is -0.405 e. The van der Waals surface area contributed by atoms with E-state index >= 15 is 0 Å². The molecule has 0 atom stereocenters. The van der Waals surface area contributed by atoms with Crippen LogP contribution in [0.4, 0.5) is 10.1 Å². The number of nitrogens with two attached hydrogens (primary N) is 1. The Morgan fingerprint density at radius 2 is 2.03 bits per heavy atom. The molecule has 3 N–H and O–H groups in total. The summed E-state index contributed by atoms with van der Waals surface area (Å²) in [5.41, 5.74) is 7.83. The van der Waals surface area contributed by atoms with Gasteiger partial charge >= 0.3 is 0 Å². The highest BCUT2D eigenvalue weighted by Gasteiger charge is 2.34. The molecule has 0 amide bonds. The average Bonchev–Trinajstić information content (AvgIpc) is 2.77. The lowest BCUT2D eigenvalue weighted by atomic mass is 9.76. The molecule has 2 aromatic rings. The van der Waals surface area contributed by atoms with Gasteiger partial charge in [-0.2, -0.15) is 0 Å². The number of anilines is 1. The molecular weight excluding hydrogens is 457 g/mol. The molecule has 176 valence electrons. The molecule has 1 aliphatic carbocycles. The van der Waals surface area contributed by atoms with Crippen LogP contribution in [-0.4, -0.2) is 34.2 Å². The van der Waals surface area contributed by atoms with Gasteiger partial charge in [-0.1, -0.05) is 24.6 Å². The number of aromatic nitrogens is 2. The molecule has 0 spiro atoms. The highest BCUT2D eigenvalue weighted by molar-refractivity contribution is 7.80. The molecule has 2 fully saturated rings. The van der Waals surface area contributed by atoms with Gasteiger partial charge in [0.25, 0.3) is 0 Å². The van der Waals surface area contributed by atoms with Crippen LogP contribution in [-0.2, 0) is 0 Å². The molecule has 0 radical (unpaired) electrons. The number of halogens is 2. The Labute approximate surface area is 205 Å². The van der Waals surface area contributed by atoms with Crippen molar-refractivity contribution in [3.63, 3.8) is 0 Å². The molecule has 1 aromatic heterocycles. The third kappa shape index (κ3) is 6.08. The number of allylic oxidation sites excluding steroid dienone is 2. The van der Waals surface area contributed by atoms with Crippen molar-refractivity contribution in [3.8, 4) is 11.3 Å². The van der Waals surface area contributed by atoms with Crippen molar-refractivity contribution in [1.29, 1.82) is 0 Å². The summed E-state index contributed by atoms with van der Waals surface area (Å²) in [6.07, 6.45) is 11.6. The smallest absolute Gasteiger partial charge is 0.139 e. The molecule has 0 unspecified atom stereocenters. The zero-order chi connectivity index (χ0) is 23.4. The van der Waals surface area contributed by atoms with Crippen LogP contribution in [0.5, 0.6) is 0 Å². The van der Waals surface area contributed by atoms with E-state index in [-0.39, 0.29) is 0 Å². The minimum absolute atomic E-state index is 0.291. The first kappa shape index (κ1) is 24.0. The molecule has 5 nitrogen and oxygen atoms in total. The Hall–Kier alpha value is -2.09. The van der Waals surface area contributed by atoms with Crippen LogP contribution in [0.1, 0.15) is 39.0 Å². The molecule has 1 aromatic carbocycles. The number of nitrogens with zero attached hydrogens (tertiary/aromatic N) is 3. The molecule has 4 rings (SSSR count). The first-order valence-electron chi connectivity index (χ1n) is 11.5. The summed E-state index contributed by atoms with van der Waals surface area (Å²) in [6, 6.07) is 6.82. The van der Waals surface area contributed by atoms with E-state index in [1.165, 1.54) is 63.2 Å². The van der Waals surface area contributed by atoms with Crippen LogP contribution in [0, 0.1) is 17.7 Å². The highest BCUT2D eigenvalue weighted by Crippen LogP contribution is 2.37. The third-order valence-electron chi connectivity index (χ3n) is 6.75. The number of hydrogen-bond acceptors (Lipinski definition) is 6. The number of benzene rings is 1. The summed E-state index contributed by atoms with van der Waals surface area (Å²) in [7, 11) is 0. The lowest BCUT2D eigenvalue weighted by Gasteiger charge is -2.45. The van der Waals surface area contributed by atoms with E-state index in [9.17, 15) is 4.39 Å². The summed E-state index contributed by atoms with van der Waals surface area (Å²) in [5, 5.41) is 12.3. The van der Waals surface area contributed by atoms with Crippen LogP contribution in [0.2, 0.25) is 5.02 Å². The second-order valence-corrected chi connectivity index (χ2v) is 10.0. The Bertz CT molecular complexity index is 1030. The fourth-order valence-electron chi connectivity index (χ4n) is 4.60. The van der Waals surface area contributed by atoms with E-state index in [1.54, 1.807) is 6.07 Å². The summed E-state index contributed by atoms with van der Waals surface area (Å²) in [6.45, 7) is 4.84. The molecule has 1 aliphatic heterocycles. The molecule has 2 heterocycles. The lowest BCUT2D eigenvalue weighted by Crippen LogP contribution is -2.47. The number of rotatable bonds is 7. The van der Waals surface area contributed by atoms with Crippen LogP contribution in [0.15, 0.2) is 53.3 Å². The Balaban J connectivity index is 1.41. The van der Waals surface area contributed by atoms with Gasteiger partial charge in [-0.3, -0.25) is 0 Å². The lowest BCUT2D eigenvalue weighted by molar-refractivity contribution is 0.0518. The van der Waals surface area contributed by atoms with Gasteiger partial charge in [0.2, 0.25) is 0 Å². The third-order valence-corrected chi connectivity index (χ3v) is 7.32. The quantitative estimate of drug-likeness (QED) is 0.335. The van der Waals surface area contributed by atoms with E-state index in [4.69, 9.17) is 17.3 Å². The average molecular weight is 488 g/mol. The molecule has 1 saturated heterocycles. The van der Waals surface area contributed by atoms with Crippen molar-refractivity contribution in [2.24, 2.45) is 17.6 Å². The van der Waals surface area contributed by atoms with E-state index < -0.39 is 5.82 Å². The van der Waals surface area contributed by atoms with Crippen molar-refractivity contribution in [3.05, 3.63) is 59.2 Å². The second-order valence-electron chi connectivity index (χ2n) is 9.18. The zero-order valence-electron chi connectivity index (χ0n) is 18.8. The van der Waals surface area contributed by atoms with Crippen molar-refractivity contribution >= 4 is 29.9 Å². The number of piperidine rings is 1. The second kappa shape index (κ2) is 10.9. The van der Waals surface area contributed by atoms with Crippen LogP contribution in [0.25, 0.3) is 11.3 Å². The SMILES string of the molecule is CC1CCN(C2CC(C/C=C(\C=C/N)Nc3cc(-c4cc(Cl)ccc4F)nnc3S)C2)CC1. The first-order valence-corrected chi connectivity index (χ1v) is 12.4. The molecular formula is C25H31ClFN5S. The van der Waals surface area contributed by atoms with E-state index in [2.05, 4.69) is 46.0 Å². The van der Waals surface area contributed by atoms with Crippen molar-refractivity contribution < 1.29 is 4.39 Å². The van der Waals surface area contributed by atoms with Crippen molar-refractivity contribution in [2.45, 2.75) is 50.1 Å². The van der Waals surface area contributed by atoms with Crippen molar-refractivity contribution in [1.82, 2.24) is 15.1 Å². The topological polar surface area (TPSA) is 67.1 Å². The van der Waals surface area contributed by atoms with Crippen LogP contribution in [0.3, 0.4) is 0 Å². The maximum absolute atomic E-state index is 14.3. The fourth-order valence-corrected chi connectivity index (χ4v) is 4.94. The number of hydrogen-bond donors (Lipinski definition) is 3. The Morgan fingerprint density at radius 3 is 2.76 bits per heavy atom. The monoisotopic (exact) mass is 487 g/mol.